The van der Waals surface area contributed by atoms with Crippen molar-refractivity contribution in [1.82, 2.24) is 0 Å². The number of rotatable bonds is 7. The predicted molar refractivity (Wildman–Crippen MR) is 131 cm³/mol. The van der Waals surface area contributed by atoms with Gasteiger partial charge in [-0.2, -0.15) is 0 Å². The summed E-state index contributed by atoms with van der Waals surface area (Å²) in [6.07, 6.45) is 0. The van der Waals surface area contributed by atoms with Gasteiger partial charge in [-0.05, 0) is 73.7 Å². The molecule has 0 saturated heterocycles. The van der Waals surface area contributed by atoms with Crippen LogP contribution in [0.4, 0.5) is 11.4 Å². The monoisotopic (exact) mass is 450 g/mol. The van der Waals surface area contributed by atoms with Crippen molar-refractivity contribution in [1.29, 1.82) is 0 Å². The van der Waals surface area contributed by atoms with Gasteiger partial charge in [0.25, 0.3) is 10.0 Å². The number of carbonyl (C=O) groups excluding carboxylic acids is 1. The van der Waals surface area contributed by atoms with Crippen LogP contribution in [0.15, 0.2) is 71.6 Å². The van der Waals surface area contributed by atoms with Gasteiger partial charge in [-0.3, -0.25) is 9.10 Å². The number of benzene rings is 3. The SMILES string of the molecule is Cc1ccc(S(=O)(=O)N(CC(=O)Nc2ccc(C(C)C)cc2)c2cccc(C)c2C)cc1. The van der Waals surface area contributed by atoms with E-state index in [1.54, 1.807) is 36.4 Å². The van der Waals surface area contributed by atoms with Gasteiger partial charge in [-0.15, -0.1) is 0 Å². The highest BCUT2D eigenvalue weighted by Crippen LogP contribution is 2.29. The van der Waals surface area contributed by atoms with Gasteiger partial charge >= 0.3 is 0 Å². The molecule has 1 N–H and O–H groups in total. The lowest BCUT2D eigenvalue weighted by atomic mass is 10.0. The van der Waals surface area contributed by atoms with E-state index < -0.39 is 15.9 Å². The molecule has 0 atom stereocenters. The standard InChI is InChI=1S/C26H30N2O3S/c1-18(2)22-11-13-23(14-12-22)27-26(29)17-28(25-8-6-7-20(4)21(25)5)32(30,31)24-15-9-19(3)10-16-24/h6-16,18H,17H2,1-5H3,(H,27,29). The van der Waals surface area contributed by atoms with Crippen LogP contribution in [0.2, 0.25) is 0 Å². The molecule has 3 aromatic rings. The van der Waals surface area contributed by atoms with Crippen LogP contribution in [0.3, 0.4) is 0 Å². The summed E-state index contributed by atoms with van der Waals surface area (Å²) in [6.45, 7) is 9.57. The molecular weight excluding hydrogens is 420 g/mol. The second-order valence-corrected chi connectivity index (χ2v) is 10.2. The molecule has 32 heavy (non-hydrogen) atoms. The summed E-state index contributed by atoms with van der Waals surface area (Å²) in [4.78, 5) is 13.1. The van der Waals surface area contributed by atoms with Crippen molar-refractivity contribution in [2.75, 3.05) is 16.2 Å². The highest BCUT2D eigenvalue weighted by Gasteiger charge is 2.28. The average Bonchev–Trinajstić information content (AvgIpc) is 2.75. The second kappa shape index (κ2) is 9.57. The van der Waals surface area contributed by atoms with Crippen LogP contribution in [-0.4, -0.2) is 20.9 Å². The number of hydrogen-bond acceptors (Lipinski definition) is 3. The molecule has 6 heteroatoms. The minimum atomic E-state index is -3.94. The maximum Gasteiger partial charge on any atom is 0.264 e. The Balaban J connectivity index is 1.94. The third-order valence-corrected chi connectivity index (χ3v) is 7.38. The van der Waals surface area contributed by atoms with Gasteiger partial charge in [0, 0.05) is 5.69 Å². The van der Waals surface area contributed by atoms with Gasteiger partial charge in [0.1, 0.15) is 6.54 Å². The molecule has 0 radical (unpaired) electrons. The summed E-state index contributed by atoms with van der Waals surface area (Å²) < 4.78 is 28.3. The summed E-state index contributed by atoms with van der Waals surface area (Å²) in [6, 6.07) is 19.7. The number of aryl methyl sites for hydroxylation is 2. The van der Waals surface area contributed by atoms with E-state index in [1.807, 2.05) is 51.1 Å². The van der Waals surface area contributed by atoms with Crippen LogP contribution < -0.4 is 9.62 Å². The Hall–Kier alpha value is -3.12. The third kappa shape index (κ3) is 5.19. The van der Waals surface area contributed by atoms with Crippen molar-refractivity contribution >= 4 is 27.3 Å². The number of sulfonamides is 1. The summed E-state index contributed by atoms with van der Waals surface area (Å²) in [5, 5.41) is 2.83. The second-order valence-electron chi connectivity index (χ2n) is 8.37. The fourth-order valence-electron chi connectivity index (χ4n) is 3.43. The first-order valence-corrected chi connectivity index (χ1v) is 12.1. The number of nitrogens with one attached hydrogen (secondary N) is 1. The van der Waals surface area contributed by atoms with Gasteiger partial charge in [-0.1, -0.05) is 55.8 Å². The highest BCUT2D eigenvalue weighted by atomic mass is 32.2. The van der Waals surface area contributed by atoms with Crippen LogP contribution in [0, 0.1) is 20.8 Å². The molecule has 0 fully saturated rings. The van der Waals surface area contributed by atoms with Gasteiger partial charge in [-0.25, -0.2) is 8.42 Å². The quantitative estimate of drug-likeness (QED) is 0.512. The molecule has 0 saturated carbocycles. The van der Waals surface area contributed by atoms with Crippen LogP contribution in [0.25, 0.3) is 0 Å². The van der Waals surface area contributed by atoms with Gasteiger partial charge in [0.2, 0.25) is 5.91 Å². The minimum absolute atomic E-state index is 0.151. The topological polar surface area (TPSA) is 66.5 Å². The van der Waals surface area contributed by atoms with Crippen molar-refractivity contribution in [2.45, 2.75) is 45.4 Å². The van der Waals surface area contributed by atoms with Crippen molar-refractivity contribution in [3.8, 4) is 0 Å². The molecule has 0 aliphatic heterocycles. The molecule has 5 nitrogen and oxygen atoms in total. The molecule has 0 aliphatic rings. The first-order valence-electron chi connectivity index (χ1n) is 10.6. The zero-order valence-corrected chi connectivity index (χ0v) is 20.0. The van der Waals surface area contributed by atoms with Crippen molar-refractivity contribution < 1.29 is 13.2 Å². The molecular formula is C26H30N2O3S. The lowest BCUT2D eigenvalue weighted by Crippen LogP contribution is -2.38. The Kier molecular flexibility index (Phi) is 7.04. The van der Waals surface area contributed by atoms with Gasteiger partial charge in [0.15, 0.2) is 0 Å². The Labute approximate surface area is 191 Å². The maximum atomic E-state index is 13.6. The van der Waals surface area contributed by atoms with E-state index in [0.29, 0.717) is 17.3 Å². The fourth-order valence-corrected chi connectivity index (χ4v) is 4.90. The first kappa shape index (κ1) is 23.5. The van der Waals surface area contributed by atoms with Crippen LogP contribution >= 0.6 is 0 Å². The van der Waals surface area contributed by atoms with E-state index >= 15 is 0 Å². The molecule has 0 aliphatic carbocycles. The molecule has 168 valence electrons. The third-order valence-electron chi connectivity index (χ3n) is 5.60. The number of hydrogen-bond donors (Lipinski definition) is 1. The predicted octanol–water partition coefficient (Wildman–Crippen LogP) is 5.57. The lowest BCUT2D eigenvalue weighted by molar-refractivity contribution is -0.114. The highest BCUT2D eigenvalue weighted by molar-refractivity contribution is 7.92. The Morgan fingerprint density at radius 2 is 1.53 bits per heavy atom. The first-order chi connectivity index (χ1) is 15.1. The van der Waals surface area contributed by atoms with Crippen molar-refractivity contribution in [3.05, 3.63) is 89.0 Å². The molecule has 3 aromatic carbocycles. The van der Waals surface area contributed by atoms with E-state index in [1.165, 1.54) is 9.87 Å². The molecule has 1 amide bonds. The van der Waals surface area contributed by atoms with Crippen molar-refractivity contribution in [2.24, 2.45) is 0 Å². The van der Waals surface area contributed by atoms with Crippen LogP contribution in [0.1, 0.15) is 42.0 Å². The van der Waals surface area contributed by atoms with E-state index in [2.05, 4.69) is 19.2 Å². The van der Waals surface area contributed by atoms with E-state index in [4.69, 9.17) is 0 Å². The van der Waals surface area contributed by atoms with Crippen LogP contribution in [0.5, 0.6) is 0 Å². The maximum absolute atomic E-state index is 13.6. The number of anilines is 2. The molecule has 0 spiro atoms. The van der Waals surface area contributed by atoms with E-state index in [0.717, 1.165) is 16.7 Å². The average molecular weight is 451 g/mol. The van der Waals surface area contributed by atoms with Gasteiger partial charge < -0.3 is 5.32 Å². The lowest BCUT2D eigenvalue weighted by Gasteiger charge is -2.26. The molecule has 0 bridgehead atoms. The summed E-state index contributed by atoms with van der Waals surface area (Å²) >= 11 is 0. The van der Waals surface area contributed by atoms with Crippen LogP contribution in [-0.2, 0) is 14.8 Å². The number of carbonyl (C=O) groups is 1. The van der Waals surface area contributed by atoms with E-state index in [9.17, 15) is 13.2 Å². The zero-order chi connectivity index (χ0) is 23.5. The number of nitrogens with zero attached hydrogens (tertiary/aromatic N) is 1. The molecule has 3 rings (SSSR count). The number of amides is 1. The summed E-state index contributed by atoms with van der Waals surface area (Å²) in [5.41, 5.74) is 5.03. The molecule has 0 unspecified atom stereocenters. The molecule has 0 aromatic heterocycles. The summed E-state index contributed by atoms with van der Waals surface area (Å²) in [7, 11) is -3.94. The normalized spacial score (nSPS) is 11.4. The Morgan fingerprint density at radius 3 is 2.12 bits per heavy atom. The van der Waals surface area contributed by atoms with E-state index in [-0.39, 0.29) is 11.4 Å². The Bertz CT molecular complexity index is 1200. The van der Waals surface area contributed by atoms with Crippen molar-refractivity contribution in [3.63, 3.8) is 0 Å². The summed E-state index contributed by atoms with van der Waals surface area (Å²) in [5.74, 6) is -0.0157. The zero-order valence-electron chi connectivity index (χ0n) is 19.2. The fraction of sp³-hybridized carbons (Fsp3) is 0.269. The van der Waals surface area contributed by atoms with Gasteiger partial charge in [0.05, 0.1) is 10.6 Å². The smallest absolute Gasteiger partial charge is 0.264 e. The Morgan fingerprint density at radius 1 is 0.906 bits per heavy atom. The largest absolute Gasteiger partial charge is 0.325 e. The molecule has 0 heterocycles. The minimum Gasteiger partial charge on any atom is -0.325 e.